The van der Waals surface area contributed by atoms with Crippen LogP contribution in [0.25, 0.3) is 0 Å². The summed E-state index contributed by atoms with van der Waals surface area (Å²) < 4.78 is 16.0. The number of nitrogens with one attached hydrogen (secondary N) is 1. The van der Waals surface area contributed by atoms with Gasteiger partial charge in [-0.1, -0.05) is 0 Å². The number of rotatable bonds is 8. The Hall–Kier alpha value is -2.36. The van der Waals surface area contributed by atoms with E-state index in [1.165, 1.54) is 0 Å². The lowest BCUT2D eigenvalue weighted by Crippen LogP contribution is -2.38. The molecule has 0 bridgehead atoms. The van der Waals surface area contributed by atoms with Gasteiger partial charge in [-0.05, 0) is 55.3 Å². The fourth-order valence-electron chi connectivity index (χ4n) is 2.97. The van der Waals surface area contributed by atoms with Gasteiger partial charge in [0.2, 0.25) is 0 Å². The third-order valence-electron chi connectivity index (χ3n) is 4.63. The molecule has 0 spiro atoms. The number of halogens is 1. The Morgan fingerprint density at radius 1 is 1.03 bits per heavy atom. The molecule has 0 saturated heterocycles. The van der Waals surface area contributed by atoms with Crippen molar-refractivity contribution in [1.82, 2.24) is 10.2 Å². The van der Waals surface area contributed by atoms with Crippen molar-refractivity contribution in [3.63, 3.8) is 0 Å². The van der Waals surface area contributed by atoms with Crippen LogP contribution in [-0.2, 0) is 13.1 Å². The number of ether oxygens (including phenoxy) is 3. The Kier molecular flexibility index (Phi) is 10.6. The average molecular weight is 529 g/mol. The lowest BCUT2D eigenvalue weighted by Gasteiger charge is -2.24. The normalized spacial score (nSPS) is 10.8. The van der Waals surface area contributed by atoms with Crippen LogP contribution in [-0.4, -0.2) is 50.9 Å². The molecule has 0 heterocycles. The number of aromatic hydroxyl groups is 1. The molecule has 0 aromatic heterocycles. The first-order valence-corrected chi connectivity index (χ1v) is 9.50. The second-order valence-corrected chi connectivity index (χ2v) is 6.65. The number of aliphatic imine (C=N–C) groups is 1. The van der Waals surface area contributed by atoms with Crippen LogP contribution in [0.2, 0.25) is 0 Å². The number of methoxy groups -OCH3 is 3. The number of guanidine groups is 1. The Morgan fingerprint density at radius 2 is 1.70 bits per heavy atom. The zero-order valence-electron chi connectivity index (χ0n) is 18.5. The average Bonchev–Trinajstić information content (AvgIpc) is 2.73. The van der Waals surface area contributed by atoms with Crippen molar-refractivity contribution >= 4 is 29.9 Å². The molecule has 166 valence electrons. The highest BCUT2D eigenvalue weighted by atomic mass is 127. The molecule has 0 radical (unpaired) electrons. The summed E-state index contributed by atoms with van der Waals surface area (Å²) in [4.78, 5) is 6.72. The highest BCUT2D eigenvalue weighted by molar-refractivity contribution is 14.0. The molecule has 0 saturated carbocycles. The van der Waals surface area contributed by atoms with Gasteiger partial charge in [-0.3, -0.25) is 0 Å². The first kappa shape index (κ1) is 25.7. The van der Waals surface area contributed by atoms with Crippen LogP contribution in [0.15, 0.2) is 35.3 Å². The van der Waals surface area contributed by atoms with Gasteiger partial charge in [-0.15, -0.1) is 24.0 Å². The van der Waals surface area contributed by atoms with Crippen molar-refractivity contribution < 1.29 is 19.3 Å². The Balaban J connectivity index is 0.00000450. The van der Waals surface area contributed by atoms with Crippen molar-refractivity contribution in [2.45, 2.75) is 26.9 Å². The van der Waals surface area contributed by atoms with E-state index in [2.05, 4.69) is 10.3 Å². The lowest BCUT2D eigenvalue weighted by molar-refractivity contribution is 0.353. The molecule has 2 aromatic rings. The minimum atomic E-state index is 0. The number of aryl methyl sites for hydroxylation is 1. The maximum Gasteiger partial charge on any atom is 0.194 e. The molecule has 0 aliphatic rings. The third kappa shape index (κ3) is 6.58. The number of benzene rings is 2. The Labute approximate surface area is 196 Å². The predicted octanol–water partition coefficient (Wildman–Crippen LogP) is 3.94. The van der Waals surface area contributed by atoms with Gasteiger partial charge in [0.15, 0.2) is 17.5 Å². The van der Waals surface area contributed by atoms with Gasteiger partial charge in [0, 0.05) is 25.7 Å². The van der Waals surface area contributed by atoms with Gasteiger partial charge in [0.25, 0.3) is 0 Å². The monoisotopic (exact) mass is 529 g/mol. The molecule has 0 unspecified atom stereocenters. The number of hydrogen-bond donors (Lipinski definition) is 2. The molecule has 30 heavy (non-hydrogen) atoms. The van der Waals surface area contributed by atoms with E-state index in [9.17, 15) is 5.11 Å². The topological polar surface area (TPSA) is 75.6 Å². The fraction of sp³-hybridized carbons (Fsp3) is 0.409. The highest BCUT2D eigenvalue weighted by Crippen LogP contribution is 2.30. The Morgan fingerprint density at radius 3 is 2.30 bits per heavy atom. The maximum absolute atomic E-state index is 10.1. The van der Waals surface area contributed by atoms with Gasteiger partial charge >= 0.3 is 0 Å². The van der Waals surface area contributed by atoms with E-state index in [1.54, 1.807) is 39.5 Å². The van der Waals surface area contributed by atoms with Crippen LogP contribution in [0, 0.1) is 6.92 Å². The van der Waals surface area contributed by atoms with E-state index in [4.69, 9.17) is 14.2 Å². The van der Waals surface area contributed by atoms with Crippen LogP contribution in [0.4, 0.5) is 0 Å². The molecule has 2 rings (SSSR count). The summed E-state index contributed by atoms with van der Waals surface area (Å²) in [5.41, 5.74) is 2.92. The van der Waals surface area contributed by atoms with Crippen molar-refractivity contribution in [3.8, 4) is 23.0 Å². The summed E-state index contributed by atoms with van der Waals surface area (Å²) in [6.07, 6.45) is 0. The predicted molar refractivity (Wildman–Crippen MR) is 131 cm³/mol. The van der Waals surface area contributed by atoms with Crippen LogP contribution in [0.5, 0.6) is 23.0 Å². The first-order chi connectivity index (χ1) is 13.9. The van der Waals surface area contributed by atoms with Crippen molar-refractivity contribution in [3.05, 3.63) is 47.0 Å². The van der Waals surface area contributed by atoms with Gasteiger partial charge in [-0.25, -0.2) is 4.99 Å². The van der Waals surface area contributed by atoms with Crippen LogP contribution < -0.4 is 19.5 Å². The zero-order chi connectivity index (χ0) is 21.4. The summed E-state index contributed by atoms with van der Waals surface area (Å²) >= 11 is 0. The molecule has 0 fully saturated rings. The molecule has 7 nitrogen and oxygen atoms in total. The van der Waals surface area contributed by atoms with Crippen molar-refractivity contribution in [2.75, 3.05) is 34.9 Å². The van der Waals surface area contributed by atoms with E-state index >= 15 is 0 Å². The molecular formula is C22H32IN3O4. The summed E-state index contributed by atoms with van der Waals surface area (Å²) in [5, 5.41) is 13.4. The largest absolute Gasteiger partial charge is 0.508 e. The third-order valence-corrected chi connectivity index (χ3v) is 4.63. The molecule has 2 N–H and O–H groups in total. The van der Waals surface area contributed by atoms with Crippen LogP contribution in [0.1, 0.15) is 23.6 Å². The minimum Gasteiger partial charge on any atom is -0.508 e. The summed E-state index contributed by atoms with van der Waals surface area (Å²) in [5.74, 6) is 3.04. The number of phenolic OH excluding ortho intramolecular Hbond substituents is 1. The van der Waals surface area contributed by atoms with E-state index in [1.807, 2.05) is 37.9 Å². The van der Waals surface area contributed by atoms with Gasteiger partial charge in [0.05, 0.1) is 27.9 Å². The summed E-state index contributed by atoms with van der Waals surface area (Å²) in [6, 6.07) is 9.09. The zero-order valence-corrected chi connectivity index (χ0v) is 20.8. The van der Waals surface area contributed by atoms with Gasteiger partial charge < -0.3 is 29.5 Å². The second-order valence-electron chi connectivity index (χ2n) is 6.65. The molecule has 0 atom stereocenters. The number of hydrogen-bond acceptors (Lipinski definition) is 5. The highest BCUT2D eigenvalue weighted by Gasteiger charge is 2.13. The SMILES string of the molecule is CCNC(=NCc1cc(OC)ccc1O)N(C)Cc1cc(OC)c(OC)cc1C.I. The van der Waals surface area contributed by atoms with E-state index in [0.717, 1.165) is 23.6 Å². The van der Waals surface area contributed by atoms with E-state index in [0.29, 0.717) is 35.9 Å². The standard InChI is InChI=1S/C22H31N3O4.HI/c1-7-23-22(24-13-16-11-18(27-4)8-9-19(16)26)25(3)14-17-12-21(29-6)20(28-5)10-15(17)2;/h8-12,26H,7,13-14H2,1-6H3,(H,23,24);1H. The molecule has 0 aliphatic heterocycles. The van der Waals surface area contributed by atoms with Gasteiger partial charge in [0.1, 0.15) is 11.5 Å². The molecule has 2 aromatic carbocycles. The fourth-order valence-corrected chi connectivity index (χ4v) is 2.97. The van der Waals surface area contributed by atoms with Crippen LogP contribution >= 0.6 is 24.0 Å². The van der Waals surface area contributed by atoms with Crippen LogP contribution in [0.3, 0.4) is 0 Å². The quantitative estimate of drug-likeness (QED) is 0.307. The number of phenols is 1. The Bertz CT molecular complexity index is 859. The smallest absolute Gasteiger partial charge is 0.194 e. The molecule has 8 heteroatoms. The van der Waals surface area contributed by atoms with Crippen molar-refractivity contribution in [2.24, 2.45) is 4.99 Å². The number of nitrogens with zero attached hydrogens (tertiary/aromatic N) is 2. The first-order valence-electron chi connectivity index (χ1n) is 9.50. The molecule has 0 amide bonds. The van der Waals surface area contributed by atoms with E-state index < -0.39 is 0 Å². The summed E-state index contributed by atoms with van der Waals surface area (Å²) in [6.45, 7) is 5.78. The summed E-state index contributed by atoms with van der Waals surface area (Å²) in [7, 11) is 6.84. The molecule has 0 aliphatic carbocycles. The lowest BCUT2D eigenvalue weighted by atomic mass is 10.1. The van der Waals surface area contributed by atoms with Gasteiger partial charge in [-0.2, -0.15) is 0 Å². The molecular weight excluding hydrogens is 497 g/mol. The van der Waals surface area contributed by atoms with Crippen molar-refractivity contribution in [1.29, 1.82) is 0 Å². The van der Waals surface area contributed by atoms with E-state index in [-0.39, 0.29) is 29.7 Å². The maximum atomic E-state index is 10.1. The second kappa shape index (κ2) is 12.4. The minimum absolute atomic E-state index is 0.